The molecule has 0 radical (unpaired) electrons. The van der Waals surface area contributed by atoms with Crippen LogP contribution < -0.4 is 22.9 Å². The van der Waals surface area contributed by atoms with Crippen LogP contribution in [0.25, 0.3) is 0 Å². The van der Waals surface area contributed by atoms with Crippen LogP contribution in [0.4, 0.5) is 17.1 Å². The topological polar surface area (TPSA) is 131 Å². The van der Waals surface area contributed by atoms with E-state index < -0.39 is 0 Å². The van der Waals surface area contributed by atoms with E-state index in [-0.39, 0.29) is 26.8 Å². The van der Waals surface area contributed by atoms with Crippen molar-refractivity contribution in [3.8, 4) is 5.75 Å². The van der Waals surface area contributed by atoms with E-state index in [0.29, 0.717) is 22.2 Å². The van der Waals surface area contributed by atoms with Gasteiger partial charge in [0.15, 0.2) is 0 Å². The first-order valence-corrected chi connectivity index (χ1v) is 10.7. The first-order valence-electron chi connectivity index (χ1n) is 10.4. The molecule has 0 atom stereocenters. The van der Waals surface area contributed by atoms with E-state index in [1.54, 1.807) is 36.4 Å². The second kappa shape index (κ2) is 11.5. The van der Waals surface area contributed by atoms with Gasteiger partial charge in [0.2, 0.25) is 0 Å². The van der Waals surface area contributed by atoms with E-state index in [1.165, 1.54) is 37.7 Å². The predicted octanol–water partition coefficient (Wildman–Crippen LogP) is 7.91. The fourth-order valence-electron chi connectivity index (χ4n) is 4.01. The molecule has 0 aliphatic heterocycles. The van der Waals surface area contributed by atoms with E-state index in [2.05, 4.69) is 28.8 Å². The fourth-order valence-corrected chi connectivity index (χ4v) is 4.20. The van der Waals surface area contributed by atoms with Gasteiger partial charge in [0.05, 0.1) is 5.69 Å². The minimum absolute atomic E-state index is 0. The number of halogens is 1. The molecule has 1 saturated carbocycles. The van der Waals surface area contributed by atoms with Gasteiger partial charge in [0.25, 0.3) is 5.91 Å². The quantitative estimate of drug-likeness (QED) is 0.248. The number of aromatic hydroxyl groups is 1. The zero-order chi connectivity index (χ0) is 20.9. The zero-order valence-corrected chi connectivity index (χ0v) is 18.9. The smallest absolute Gasteiger partial charge is 0.255 e. The van der Waals surface area contributed by atoms with Crippen molar-refractivity contribution in [3.63, 3.8) is 0 Å². The molecule has 32 heavy (non-hydrogen) atoms. The molecule has 6 nitrogen and oxygen atoms in total. The Morgan fingerprint density at radius 1 is 0.906 bits per heavy atom. The molecule has 0 bridgehead atoms. The molecule has 9 N–H and O–H groups in total. The van der Waals surface area contributed by atoms with Gasteiger partial charge in [0.1, 0.15) is 5.75 Å². The minimum Gasteiger partial charge on any atom is -0.506 e. The van der Waals surface area contributed by atoms with E-state index in [1.807, 2.05) is 12.1 Å². The van der Waals surface area contributed by atoms with Gasteiger partial charge in [0, 0.05) is 30.9 Å². The number of phenols is 1. The standard InChI is InChI=1S/C25H25ClN2O2.2H3N.2H2/c26-20-10-4-9-19(14-20)25(30)28-23-13-12-22(16-24(23)29)27-21-11-5-8-18(15-21)17-6-2-1-3-7-17;;;;/h4-5,8-17,27,29H,1-3,6-7H2,(H,28,30);2*1H3;2*1H. The average molecular weight is 459 g/mol. The normalized spacial score (nSPS) is 13.4. The van der Waals surface area contributed by atoms with Crippen LogP contribution in [-0.2, 0) is 0 Å². The Morgan fingerprint density at radius 2 is 1.62 bits per heavy atom. The fraction of sp³-hybridized carbons (Fsp3) is 0.240. The summed E-state index contributed by atoms with van der Waals surface area (Å²) in [4.78, 5) is 12.4. The highest BCUT2D eigenvalue weighted by Gasteiger charge is 2.16. The van der Waals surface area contributed by atoms with Gasteiger partial charge in [-0.1, -0.05) is 49.1 Å². The number of rotatable bonds is 5. The maximum atomic E-state index is 12.4. The molecule has 0 unspecified atom stereocenters. The van der Waals surface area contributed by atoms with Gasteiger partial charge in [-0.15, -0.1) is 0 Å². The summed E-state index contributed by atoms with van der Waals surface area (Å²) in [6.45, 7) is 0. The second-order valence-corrected chi connectivity index (χ2v) is 8.22. The summed E-state index contributed by atoms with van der Waals surface area (Å²) in [7, 11) is 0. The van der Waals surface area contributed by atoms with Crippen LogP contribution in [0.1, 0.15) is 56.8 Å². The lowest BCUT2D eigenvalue weighted by atomic mass is 9.84. The number of benzene rings is 3. The van der Waals surface area contributed by atoms with Crippen molar-refractivity contribution in [1.82, 2.24) is 12.3 Å². The number of amides is 1. The van der Waals surface area contributed by atoms with E-state index >= 15 is 0 Å². The van der Waals surface area contributed by atoms with Crippen molar-refractivity contribution in [2.45, 2.75) is 38.0 Å². The van der Waals surface area contributed by atoms with Crippen LogP contribution in [0.3, 0.4) is 0 Å². The zero-order valence-electron chi connectivity index (χ0n) is 18.1. The number of nitrogens with one attached hydrogen (secondary N) is 2. The van der Waals surface area contributed by atoms with Gasteiger partial charge in [-0.2, -0.15) is 0 Å². The Balaban J connectivity index is 0.00000272. The van der Waals surface area contributed by atoms with E-state index in [4.69, 9.17) is 11.6 Å². The van der Waals surface area contributed by atoms with E-state index in [9.17, 15) is 9.90 Å². The molecule has 0 heterocycles. The molecule has 0 aromatic heterocycles. The Labute approximate surface area is 197 Å². The number of carbonyl (C=O) groups excluding carboxylic acids is 1. The van der Waals surface area contributed by atoms with Gasteiger partial charge < -0.3 is 28.0 Å². The van der Waals surface area contributed by atoms with Crippen LogP contribution in [-0.4, -0.2) is 11.0 Å². The summed E-state index contributed by atoms with van der Waals surface area (Å²) in [6, 6.07) is 20.3. The highest BCUT2D eigenvalue weighted by atomic mass is 35.5. The molecule has 1 aliphatic carbocycles. The Hall–Kier alpha value is -3.06. The number of phenolic OH excluding ortho intramolecular Hbond substituents is 1. The monoisotopic (exact) mass is 458 g/mol. The molecule has 3 aromatic rings. The molecule has 1 aliphatic rings. The van der Waals surface area contributed by atoms with Gasteiger partial charge in [-0.3, -0.25) is 4.79 Å². The number of carbonyl (C=O) groups is 1. The maximum absolute atomic E-state index is 12.4. The van der Waals surface area contributed by atoms with Crippen molar-refractivity contribution in [1.29, 1.82) is 0 Å². The molecule has 0 spiro atoms. The molecule has 1 fully saturated rings. The number of hydrogen-bond acceptors (Lipinski definition) is 5. The lowest BCUT2D eigenvalue weighted by Crippen LogP contribution is -2.11. The summed E-state index contributed by atoms with van der Waals surface area (Å²) >= 11 is 5.94. The van der Waals surface area contributed by atoms with Crippen molar-refractivity contribution >= 4 is 34.6 Å². The first kappa shape index (κ1) is 25.2. The highest BCUT2D eigenvalue weighted by molar-refractivity contribution is 6.31. The summed E-state index contributed by atoms with van der Waals surface area (Å²) in [6.07, 6.45) is 6.46. The average Bonchev–Trinajstić information content (AvgIpc) is 2.76. The molecule has 1 amide bonds. The first-order chi connectivity index (χ1) is 14.6. The lowest BCUT2D eigenvalue weighted by molar-refractivity contribution is 0.102. The molecule has 174 valence electrons. The van der Waals surface area contributed by atoms with Gasteiger partial charge >= 0.3 is 0 Å². The van der Waals surface area contributed by atoms with Crippen molar-refractivity contribution in [2.75, 3.05) is 10.6 Å². The highest BCUT2D eigenvalue weighted by Crippen LogP contribution is 2.34. The van der Waals surface area contributed by atoms with Crippen LogP contribution in [0, 0.1) is 0 Å². The van der Waals surface area contributed by atoms with Crippen LogP contribution in [0.5, 0.6) is 5.75 Å². The SMILES string of the molecule is N.N.O=C(Nc1ccc(Nc2cccc(C3CCCCC3)c2)cc1O)c1cccc(Cl)c1.[HH].[HH]. The molecule has 0 saturated heterocycles. The third kappa shape index (κ3) is 6.23. The van der Waals surface area contributed by atoms with Crippen molar-refractivity contribution in [2.24, 2.45) is 0 Å². The van der Waals surface area contributed by atoms with Gasteiger partial charge in [-0.05, 0) is 66.8 Å². The Morgan fingerprint density at radius 3 is 2.34 bits per heavy atom. The lowest BCUT2D eigenvalue weighted by Gasteiger charge is -2.22. The summed E-state index contributed by atoms with van der Waals surface area (Å²) < 4.78 is 0. The molecular formula is C25H35ClN4O2. The Bertz CT molecular complexity index is 1060. The van der Waals surface area contributed by atoms with Crippen LogP contribution >= 0.6 is 11.6 Å². The Kier molecular flexibility index (Phi) is 9.08. The van der Waals surface area contributed by atoms with Crippen LogP contribution in [0.15, 0.2) is 66.7 Å². The molecule has 7 heteroatoms. The van der Waals surface area contributed by atoms with Crippen molar-refractivity contribution in [3.05, 3.63) is 82.9 Å². The maximum Gasteiger partial charge on any atom is 0.255 e. The molecular weight excluding hydrogens is 424 g/mol. The number of hydrogen-bond donors (Lipinski definition) is 5. The van der Waals surface area contributed by atoms with Crippen molar-refractivity contribution < 1.29 is 12.8 Å². The summed E-state index contributed by atoms with van der Waals surface area (Å²) in [5, 5.41) is 17.0. The number of anilines is 3. The van der Waals surface area contributed by atoms with E-state index in [0.717, 1.165) is 11.4 Å². The summed E-state index contributed by atoms with van der Waals surface area (Å²) in [5.74, 6) is 0.311. The second-order valence-electron chi connectivity index (χ2n) is 7.78. The predicted molar refractivity (Wildman–Crippen MR) is 137 cm³/mol. The van der Waals surface area contributed by atoms with Crippen LogP contribution in [0.2, 0.25) is 5.02 Å². The van der Waals surface area contributed by atoms with Gasteiger partial charge in [-0.25, -0.2) is 0 Å². The molecule has 4 rings (SSSR count). The third-order valence-corrected chi connectivity index (χ3v) is 5.82. The summed E-state index contributed by atoms with van der Waals surface area (Å²) in [5.41, 5.74) is 3.90. The minimum atomic E-state index is -0.325. The molecule has 3 aromatic carbocycles. The largest absolute Gasteiger partial charge is 0.506 e. The third-order valence-electron chi connectivity index (χ3n) is 5.58.